The van der Waals surface area contributed by atoms with Crippen LogP contribution in [0.1, 0.15) is 20.3 Å². The summed E-state index contributed by atoms with van der Waals surface area (Å²) in [6.45, 7) is 4.21. The van der Waals surface area contributed by atoms with Crippen molar-refractivity contribution < 1.29 is 9.84 Å². The molecule has 0 fully saturated rings. The minimum absolute atomic E-state index is 0.472. The Morgan fingerprint density at radius 3 is 2.69 bits per heavy atom. The van der Waals surface area contributed by atoms with Crippen LogP contribution in [0.3, 0.4) is 0 Å². The third-order valence-corrected chi connectivity index (χ3v) is 2.68. The normalized spacial score (nSPS) is 14.2. The molecule has 0 saturated heterocycles. The number of ether oxygens (including phenoxy) is 1. The van der Waals surface area contributed by atoms with Crippen molar-refractivity contribution in [2.24, 2.45) is 0 Å². The lowest BCUT2D eigenvalue weighted by atomic mass is 10.0. The molecule has 0 aliphatic rings. The lowest BCUT2D eigenvalue weighted by Gasteiger charge is -2.22. The number of nitrogens with two attached hydrogens (primary N) is 1. The summed E-state index contributed by atoms with van der Waals surface area (Å²) in [5.41, 5.74) is 6.56. The average Bonchev–Trinajstić information content (AvgIpc) is 2.27. The summed E-state index contributed by atoms with van der Waals surface area (Å²) in [6.07, 6.45) is 0.691. The number of hydrogen-bond acceptors (Lipinski definition) is 4. The van der Waals surface area contributed by atoms with E-state index in [9.17, 15) is 5.11 Å². The highest BCUT2D eigenvalue weighted by Crippen LogP contribution is 2.24. The zero-order valence-electron chi connectivity index (χ0n) is 10.1. The molecule has 0 spiro atoms. The predicted octanol–water partition coefficient (Wildman–Crippen LogP) is 1.85. The molecule has 4 nitrogen and oxygen atoms in total. The molecule has 1 rings (SSSR count). The first-order chi connectivity index (χ1) is 7.48. The summed E-state index contributed by atoms with van der Waals surface area (Å²) in [5, 5.41) is 13.0. The van der Waals surface area contributed by atoms with Crippen LogP contribution in [0.15, 0.2) is 18.2 Å². The van der Waals surface area contributed by atoms with Gasteiger partial charge in [0.1, 0.15) is 5.75 Å². The second-order valence-corrected chi connectivity index (χ2v) is 4.16. The summed E-state index contributed by atoms with van der Waals surface area (Å²) in [6, 6.07) is 5.43. The van der Waals surface area contributed by atoms with Crippen molar-refractivity contribution in [3.05, 3.63) is 18.2 Å². The molecule has 4 heteroatoms. The fourth-order valence-electron chi connectivity index (χ4n) is 1.24. The molecule has 1 aromatic rings. The number of hydrogen-bond donors (Lipinski definition) is 3. The van der Waals surface area contributed by atoms with Gasteiger partial charge in [-0.1, -0.05) is 6.92 Å². The zero-order chi connectivity index (χ0) is 12.2. The topological polar surface area (TPSA) is 67.5 Å². The van der Waals surface area contributed by atoms with E-state index in [2.05, 4.69) is 5.32 Å². The van der Waals surface area contributed by atoms with Crippen LogP contribution in [-0.4, -0.2) is 24.4 Å². The summed E-state index contributed by atoms with van der Waals surface area (Å²) >= 11 is 0. The molecule has 90 valence electrons. The van der Waals surface area contributed by atoms with E-state index in [1.807, 2.05) is 19.1 Å². The van der Waals surface area contributed by atoms with Gasteiger partial charge in [-0.15, -0.1) is 0 Å². The average molecular weight is 224 g/mol. The molecular formula is C12H20N2O2. The second kappa shape index (κ2) is 5.07. The first-order valence-electron chi connectivity index (χ1n) is 5.38. The van der Waals surface area contributed by atoms with E-state index < -0.39 is 5.60 Å². The third-order valence-electron chi connectivity index (χ3n) is 2.68. The molecule has 0 bridgehead atoms. The second-order valence-electron chi connectivity index (χ2n) is 4.16. The lowest BCUT2D eigenvalue weighted by molar-refractivity contribution is 0.0697. The van der Waals surface area contributed by atoms with Crippen molar-refractivity contribution in [1.29, 1.82) is 0 Å². The van der Waals surface area contributed by atoms with Crippen LogP contribution in [0.25, 0.3) is 0 Å². The Kier molecular flexibility index (Phi) is 4.01. The van der Waals surface area contributed by atoms with Crippen molar-refractivity contribution in [3.63, 3.8) is 0 Å². The van der Waals surface area contributed by atoms with Crippen molar-refractivity contribution in [3.8, 4) is 5.75 Å². The van der Waals surface area contributed by atoms with Crippen LogP contribution in [-0.2, 0) is 0 Å². The van der Waals surface area contributed by atoms with Gasteiger partial charge in [0, 0.05) is 12.6 Å². The predicted molar refractivity (Wildman–Crippen MR) is 66.8 cm³/mol. The van der Waals surface area contributed by atoms with E-state index in [1.165, 1.54) is 0 Å². The number of benzene rings is 1. The number of nitrogens with one attached hydrogen (secondary N) is 1. The zero-order valence-corrected chi connectivity index (χ0v) is 10.1. The summed E-state index contributed by atoms with van der Waals surface area (Å²) in [5.74, 6) is 0.727. The highest BCUT2D eigenvalue weighted by molar-refractivity contribution is 5.68. The van der Waals surface area contributed by atoms with Gasteiger partial charge in [0.15, 0.2) is 0 Å². The molecule has 0 saturated carbocycles. The third kappa shape index (κ3) is 3.31. The Morgan fingerprint density at radius 2 is 2.19 bits per heavy atom. The maximum atomic E-state index is 9.85. The number of rotatable bonds is 5. The van der Waals surface area contributed by atoms with Gasteiger partial charge in [0.25, 0.3) is 0 Å². The molecular weight excluding hydrogens is 204 g/mol. The number of aliphatic hydroxyl groups is 1. The van der Waals surface area contributed by atoms with Crippen molar-refractivity contribution >= 4 is 11.4 Å². The molecule has 4 N–H and O–H groups in total. The van der Waals surface area contributed by atoms with E-state index in [4.69, 9.17) is 10.5 Å². The first-order valence-corrected chi connectivity index (χ1v) is 5.38. The van der Waals surface area contributed by atoms with Gasteiger partial charge < -0.3 is 20.9 Å². The van der Waals surface area contributed by atoms with Crippen LogP contribution >= 0.6 is 0 Å². The monoisotopic (exact) mass is 224 g/mol. The van der Waals surface area contributed by atoms with Gasteiger partial charge in [-0.25, -0.2) is 0 Å². The molecule has 1 atom stereocenters. The van der Waals surface area contributed by atoms with Crippen molar-refractivity contribution in [1.82, 2.24) is 0 Å². The number of methoxy groups -OCH3 is 1. The Bertz CT molecular complexity index is 351. The summed E-state index contributed by atoms with van der Waals surface area (Å²) in [4.78, 5) is 0. The molecule has 1 unspecified atom stereocenters. The number of nitrogen functional groups attached to an aromatic ring is 1. The molecule has 0 amide bonds. The molecule has 0 aliphatic carbocycles. The van der Waals surface area contributed by atoms with Crippen LogP contribution in [0.2, 0.25) is 0 Å². The maximum absolute atomic E-state index is 9.85. The Labute approximate surface area is 96.4 Å². The van der Waals surface area contributed by atoms with Gasteiger partial charge in [-0.05, 0) is 25.5 Å². The standard InChI is InChI=1S/C12H20N2O2/c1-4-12(2,15)8-14-11-6-5-9(16-3)7-10(11)13/h5-7,14-15H,4,8,13H2,1-3H3. The van der Waals surface area contributed by atoms with Gasteiger partial charge in [0.05, 0.1) is 24.1 Å². The fourth-order valence-corrected chi connectivity index (χ4v) is 1.24. The highest BCUT2D eigenvalue weighted by Gasteiger charge is 2.17. The molecule has 16 heavy (non-hydrogen) atoms. The highest BCUT2D eigenvalue weighted by atomic mass is 16.5. The van der Waals surface area contributed by atoms with Crippen molar-refractivity contribution in [2.45, 2.75) is 25.9 Å². The molecule has 0 aliphatic heterocycles. The maximum Gasteiger partial charge on any atom is 0.121 e. The van der Waals surface area contributed by atoms with E-state index in [0.29, 0.717) is 18.7 Å². The van der Waals surface area contributed by atoms with Crippen molar-refractivity contribution in [2.75, 3.05) is 24.7 Å². The fraction of sp³-hybridized carbons (Fsp3) is 0.500. The quantitative estimate of drug-likeness (QED) is 0.668. The molecule has 0 radical (unpaired) electrons. The van der Waals surface area contributed by atoms with Crippen LogP contribution in [0.4, 0.5) is 11.4 Å². The van der Waals surface area contributed by atoms with E-state index in [0.717, 1.165) is 11.4 Å². The Morgan fingerprint density at radius 1 is 1.50 bits per heavy atom. The Balaban J connectivity index is 2.68. The lowest BCUT2D eigenvalue weighted by Crippen LogP contribution is -2.32. The SMILES string of the molecule is CCC(C)(O)CNc1ccc(OC)cc1N. The van der Waals surface area contributed by atoms with E-state index in [1.54, 1.807) is 20.1 Å². The summed E-state index contributed by atoms with van der Waals surface area (Å²) < 4.78 is 5.06. The molecule has 0 heterocycles. The molecule has 1 aromatic carbocycles. The summed E-state index contributed by atoms with van der Waals surface area (Å²) in [7, 11) is 1.60. The van der Waals surface area contributed by atoms with E-state index in [-0.39, 0.29) is 0 Å². The van der Waals surface area contributed by atoms with Gasteiger partial charge in [0.2, 0.25) is 0 Å². The minimum Gasteiger partial charge on any atom is -0.497 e. The minimum atomic E-state index is -0.716. The smallest absolute Gasteiger partial charge is 0.121 e. The Hall–Kier alpha value is -1.42. The number of anilines is 2. The first kappa shape index (κ1) is 12.6. The largest absolute Gasteiger partial charge is 0.497 e. The van der Waals surface area contributed by atoms with Crippen LogP contribution < -0.4 is 15.8 Å². The molecule has 0 aromatic heterocycles. The van der Waals surface area contributed by atoms with Gasteiger partial charge >= 0.3 is 0 Å². The van der Waals surface area contributed by atoms with Crippen LogP contribution in [0, 0.1) is 0 Å². The van der Waals surface area contributed by atoms with E-state index >= 15 is 0 Å². The van der Waals surface area contributed by atoms with Gasteiger partial charge in [-0.3, -0.25) is 0 Å². The van der Waals surface area contributed by atoms with Crippen LogP contribution in [0.5, 0.6) is 5.75 Å². The van der Waals surface area contributed by atoms with Gasteiger partial charge in [-0.2, -0.15) is 0 Å².